The van der Waals surface area contributed by atoms with Gasteiger partial charge in [0.15, 0.2) is 0 Å². The van der Waals surface area contributed by atoms with E-state index < -0.39 is 18.0 Å². The fourth-order valence-corrected chi connectivity index (χ4v) is 3.21. The average molecular weight is 414 g/mol. The van der Waals surface area contributed by atoms with Crippen molar-refractivity contribution in [2.75, 3.05) is 23.9 Å². The van der Waals surface area contributed by atoms with Crippen LogP contribution in [0.25, 0.3) is 0 Å². The number of amides is 4. The molecule has 1 aliphatic heterocycles. The zero-order chi connectivity index (χ0) is 21.0. The molecular formula is C21H20ClN3O4. The van der Waals surface area contributed by atoms with E-state index in [1.807, 2.05) is 0 Å². The minimum absolute atomic E-state index is 0.143. The second-order valence-electron chi connectivity index (χ2n) is 6.37. The van der Waals surface area contributed by atoms with Gasteiger partial charge in [-0.15, -0.1) is 6.58 Å². The number of methoxy groups -OCH3 is 1. The molecule has 0 radical (unpaired) electrons. The summed E-state index contributed by atoms with van der Waals surface area (Å²) in [5.74, 6) is -0.348. The minimum atomic E-state index is -0.931. The van der Waals surface area contributed by atoms with Crippen molar-refractivity contribution in [1.82, 2.24) is 4.90 Å². The number of halogens is 1. The summed E-state index contributed by atoms with van der Waals surface area (Å²) in [5.41, 5.74) is 0.935. The Bertz CT molecular complexity index is 945. The van der Waals surface area contributed by atoms with Crippen LogP contribution in [0.3, 0.4) is 0 Å². The molecule has 0 aromatic heterocycles. The number of urea groups is 1. The lowest BCUT2D eigenvalue weighted by atomic mass is 10.1. The molecule has 1 fully saturated rings. The Balaban J connectivity index is 1.81. The molecule has 150 valence electrons. The summed E-state index contributed by atoms with van der Waals surface area (Å²) in [4.78, 5) is 40.8. The maximum Gasteiger partial charge on any atom is 0.332 e. The molecule has 0 saturated carbocycles. The van der Waals surface area contributed by atoms with Gasteiger partial charge in [0.1, 0.15) is 11.8 Å². The first-order chi connectivity index (χ1) is 13.9. The Morgan fingerprint density at radius 2 is 1.97 bits per heavy atom. The lowest BCUT2D eigenvalue weighted by Crippen LogP contribution is -2.38. The van der Waals surface area contributed by atoms with E-state index in [1.165, 1.54) is 18.1 Å². The summed E-state index contributed by atoms with van der Waals surface area (Å²) in [6.07, 6.45) is 1.34. The highest BCUT2D eigenvalue weighted by Crippen LogP contribution is 2.29. The smallest absolute Gasteiger partial charge is 0.332 e. The standard InChI is InChI=1S/C21H20ClN3O4/c1-3-11-24-18(13-19(26)23-15-9-7-14(22)8-10-15)20(27)25(21(24)28)16-5-4-6-17(12-16)29-2/h3-10,12,18H,1,11,13H2,2H3,(H,23,26)/t18-/m1/s1. The first-order valence-corrected chi connectivity index (χ1v) is 9.27. The van der Waals surface area contributed by atoms with Crippen molar-refractivity contribution in [1.29, 1.82) is 0 Å². The number of hydrogen-bond acceptors (Lipinski definition) is 4. The van der Waals surface area contributed by atoms with Crippen molar-refractivity contribution in [2.45, 2.75) is 12.5 Å². The van der Waals surface area contributed by atoms with Crippen LogP contribution in [0.2, 0.25) is 5.02 Å². The molecule has 0 spiro atoms. The monoisotopic (exact) mass is 413 g/mol. The number of imide groups is 1. The number of carbonyl (C=O) groups is 3. The highest BCUT2D eigenvalue weighted by molar-refractivity contribution is 6.30. The van der Waals surface area contributed by atoms with Gasteiger partial charge in [0, 0.05) is 23.3 Å². The van der Waals surface area contributed by atoms with Crippen LogP contribution in [0, 0.1) is 0 Å². The molecule has 1 N–H and O–H groups in total. The van der Waals surface area contributed by atoms with Gasteiger partial charge in [-0.1, -0.05) is 23.7 Å². The molecule has 1 heterocycles. The molecule has 0 aliphatic carbocycles. The Labute approximate surface area is 173 Å². The van der Waals surface area contributed by atoms with E-state index in [4.69, 9.17) is 16.3 Å². The van der Waals surface area contributed by atoms with Crippen molar-refractivity contribution in [3.8, 4) is 5.75 Å². The van der Waals surface area contributed by atoms with Crippen molar-refractivity contribution in [3.63, 3.8) is 0 Å². The van der Waals surface area contributed by atoms with Crippen LogP contribution >= 0.6 is 11.6 Å². The normalized spacial score (nSPS) is 16.1. The maximum atomic E-state index is 13.0. The van der Waals surface area contributed by atoms with Gasteiger partial charge in [-0.3, -0.25) is 9.59 Å². The lowest BCUT2D eigenvalue weighted by molar-refractivity contribution is -0.124. The van der Waals surface area contributed by atoms with Crippen LogP contribution in [0.4, 0.5) is 16.2 Å². The molecule has 8 heteroatoms. The third kappa shape index (κ3) is 4.41. The largest absolute Gasteiger partial charge is 0.497 e. The summed E-state index contributed by atoms with van der Waals surface area (Å²) in [7, 11) is 1.50. The molecule has 3 rings (SSSR count). The topological polar surface area (TPSA) is 79.0 Å². The van der Waals surface area contributed by atoms with Gasteiger partial charge in [-0.25, -0.2) is 9.69 Å². The molecular weight excluding hydrogens is 394 g/mol. The van der Waals surface area contributed by atoms with Crippen LogP contribution in [-0.4, -0.2) is 42.4 Å². The average Bonchev–Trinajstić information content (AvgIpc) is 2.94. The lowest BCUT2D eigenvalue weighted by Gasteiger charge is -2.19. The third-order valence-electron chi connectivity index (χ3n) is 4.46. The number of ether oxygens (including phenoxy) is 1. The van der Waals surface area contributed by atoms with Crippen molar-refractivity contribution in [3.05, 3.63) is 66.2 Å². The van der Waals surface area contributed by atoms with Gasteiger partial charge < -0.3 is 15.0 Å². The van der Waals surface area contributed by atoms with Gasteiger partial charge in [0.25, 0.3) is 5.91 Å². The zero-order valence-corrected chi connectivity index (χ0v) is 16.6. The predicted molar refractivity (Wildman–Crippen MR) is 111 cm³/mol. The van der Waals surface area contributed by atoms with Gasteiger partial charge in [0.05, 0.1) is 19.2 Å². The fraction of sp³-hybridized carbons (Fsp3) is 0.190. The molecule has 4 amide bonds. The zero-order valence-electron chi connectivity index (χ0n) is 15.8. The number of carbonyl (C=O) groups excluding carboxylic acids is 3. The Kier molecular flexibility index (Phi) is 6.19. The molecule has 0 bridgehead atoms. The quantitative estimate of drug-likeness (QED) is 0.554. The number of anilines is 2. The van der Waals surface area contributed by atoms with E-state index in [0.29, 0.717) is 22.1 Å². The first-order valence-electron chi connectivity index (χ1n) is 8.89. The van der Waals surface area contributed by atoms with E-state index in [2.05, 4.69) is 11.9 Å². The van der Waals surface area contributed by atoms with Crippen molar-refractivity contribution in [2.24, 2.45) is 0 Å². The Morgan fingerprint density at radius 3 is 2.62 bits per heavy atom. The van der Waals surface area contributed by atoms with Crippen molar-refractivity contribution >= 4 is 40.8 Å². The fourth-order valence-electron chi connectivity index (χ4n) is 3.09. The van der Waals surface area contributed by atoms with Crippen LogP contribution in [0.15, 0.2) is 61.2 Å². The maximum absolute atomic E-state index is 13.0. The SMILES string of the molecule is C=CCN1C(=O)N(c2cccc(OC)c2)C(=O)[C@H]1CC(=O)Nc1ccc(Cl)cc1. The molecule has 1 atom stereocenters. The van der Waals surface area contributed by atoms with E-state index in [-0.39, 0.29) is 18.9 Å². The highest BCUT2D eigenvalue weighted by Gasteiger charge is 2.46. The summed E-state index contributed by atoms with van der Waals surface area (Å²) in [6, 6.07) is 11.8. The van der Waals surface area contributed by atoms with Gasteiger partial charge >= 0.3 is 6.03 Å². The molecule has 7 nitrogen and oxygen atoms in total. The summed E-state index contributed by atoms with van der Waals surface area (Å²) >= 11 is 5.85. The first kappa shape index (κ1) is 20.4. The molecule has 1 aliphatic rings. The number of nitrogens with one attached hydrogen (secondary N) is 1. The number of hydrogen-bond donors (Lipinski definition) is 1. The number of nitrogens with zero attached hydrogens (tertiary/aromatic N) is 2. The van der Waals surface area contributed by atoms with Crippen LogP contribution in [0.5, 0.6) is 5.75 Å². The molecule has 0 unspecified atom stereocenters. The molecule has 2 aromatic carbocycles. The Morgan fingerprint density at radius 1 is 1.24 bits per heavy atom. The van der Waals surface area contributed by atoms with E-state index in [0.717, 1.165) is 4.90 Å². The second kappa shape index (κ2) is 8.79. The molecule has 29 heavy (non-hydrogen) atoms. The summed E-state index contributed by atoms with van der Waals surface area (Å²) in [6.45, 7) is 3.78. The molecule has 1 saturated heterocycles. The molecule has 2 aromatic rings. The predicted octanol–water partition coefficient (Wildman–Crippen LogP) is 3.70. The third-order valence-corrected chi connectivity index (χ3v) is 4.71. The second-order valence-corrected chi connectivity index (χ2v) is 6.81. The van der Waals surface area contributed by atoms with Crippen LogP contribution < -0.4 is 15.0 Å². The van der Waals surface area contributed by atoms with E-state index in [9.17, 15) is 14.4 Å². The van der Waals surface area contributed by atoms with Gasteiger partial charge in [-0.2, -0.15) is 0 Å². The minimum Gasteiger partial charge on any atom is -0.497 e. The summed E-state index contributed by atoms with van der Waals surface area (Å²) in [5, 5.41) is 3.26. The number of benzene rings is 2. The van der Waals surface area contributed by atoms with E-state index >= 15 is 0 Å². The van der Waals surface area contributed by atoms with Crippen LogP contribution in [-0.2, 0) is 9.59 Å². The van der Waals surface area contributed by atoms with Crippen molar-refractivity contribution < 1.29 is 19.1 Å². The summed E-state index contributed by atoms with van der Waals surface area (Å²) < 4.78 is 5.17. The highest BCUT2D eigenvalue weighted by atomic mass is 35.5. The van der Waals surface area contributed by atoms with E-state index in [1.54, 1.807) is 48.5 Å². The van der Waals surface area contributed by atoms with Gasteiger partial charge in [0.2, 0.25) is 5.91 Å². The Hall–Kier alpha value is -3.32. The van der Waals surface area contributed by atoms with Crippen LogP contribution in [0.1, 0.15) is 6.42 Å². The number of rotatable bonds is 7. The van der Waals surface area contributed by atoms with Gasteiger partial charge in [-0.05, 0) is 36.4 Å².